The molecular weight excluding hydrogens is 336 g/mol. The summed E-state index contributed by atoms with van der Waals surface area (Å²) in [5, 5.41) is 4.45. The van der Waals surface area contributed by atoms with Gasteiger partial charge in [-0.1, -0.05) is 31.6 Å². The molecular formula is C23H28N2O2. The van der Waals surface area contributed by atoms with E-state index in [1.807, 2.05) is 22.9 Å². The van der Waals surface area contributed by atoms with Gasteiger partial charge in [0.05, 0.1) is 29.7 Å². The molecule has 3 rings (SSSR count). The van der Waals surface area contributed by atoms with E-state index in [1.165, 1.54) is 12.0 Å². The number of rotatable bonds is 5. The van der Waals surface area contributed by atoms with Crippen LogP contribution in [0, 0.1) is 11.3 Å². The number of esters is 1. The maximum Gasteiger partial charge on any atom is 0.338 e. The minimum Gasteiger partial charge on any atom is -0.462 e. The van der Waals surface area contributed by atoms with Crippen molar-refractivity contribution in [2.24, 2.45) is 11.3 Å². The SMILES string of the molecule is CCOC(=O)c1ccc(-n2nccc2/C=C/C2C(C)=CCCC2(C)C)cc1. The van der Waals surface area contributed by atoms with Crippen molar-refractivity contribution in [3.63, 3.8) is 0 Å². The number of allylic oxidation sites excluding steroid dienone is 3. The average Bonchev–Trinajstić information content (AvgIpc) is 3.09. The molecule has 0 spiro atoms. The van der Waals surface area contributed by atoms with Crippen LogP contribution in [0.1, 0.15) is 56.6 Å². The van der Waals surface area contributed by atoms with Crippen LogP contribution in [0.4, 0.5) is 0 Å². The summed E-state index contributed by atoms with van der Waals surface area (Å²) in [5.74, 6) is 0.132. The molecule has 0 fully saturated rings. The molecule has 27 heavy (non-hydrogen) atoms. The van der Waals surface area contributed by atoms with E-state index in [-0.39, 0.29) is 11.4 Å². The zero-order chi connectivity index (χ0) is 19.4. The molecule has 0 saturated carbocycles. The van der Waals surface area contributed by atoms with Gasteiger partial charge in [0.1, 0.15) is 0 Å². The molecule has 4 heteroatoms. The molecule has 2 aromatic rings. The number of hydrogen-bond donors (Lipinski definition) is 0. The molecule has 1 atom stereocenters. The Morgan fingerprint density at radius 1 is 1.30 bits per heavy atom. The summed E-state index contributed by atoms with van der Waals surface area (Å²) in [7, 11) is 0. The lowest BCUT2D eigenvalue weighted by atomic mass is 9.68. The molecule has 1 aliphatic rings. The van der Waals surface area contributed by atoms with Crippen molar-refractivity contribution in [3.05, 3.63) is 65.5 Å². The zero-order valence-corrected chi connectivity index (χ0v) is 16.6. The van der Waals surface area contributed by atoms with Crippen molar-refractivity contribution < 1.29 is 9.53 Å². The van der Waals surface area contributed by atoms with Crippen LogP contribution in [0.2, 0.25) is 0 Å². The molecule has 0 amide bonds. The zero-order valence-electron chi connectivity index (χ0n) is 16.6. The van der Waals surface area contributed by atoms with Gasteiger partial charge in [-0.25, -0.2) is 9.48 Å². The van der Waals surface area contributed by atoms with Crippen LogP contribution >= 0.6 is 0 Å². The van der Waals surface area contributed by atoms with Crippen molar-refractivity contribution in [2.45, 2.75) is 40.5 Å². The normalized spacial score (nSPS) is 19.1. The quantitative estimate of drug-likeness (QED) is 0.524. The largest absolute Gasteiger partial charge is 0.462 e. The lowest BCUT2D eigenvalue weighted by molar-refractivity contribution is 0.0526. The molecule has 1 unspecified atom stereocenters. The van der Waals surface area contributed by atoms with Gasteiger partial charge in [-0.15, -0.1) is 0 Å². The first-order valence-electron chi connectivity index (χ1n) is 9.59. The van der Waals surface area contributed by atoms with E-state index in [2.05, 4.69) is 44.1 Å². The van der Waals surface area contributed by atoms with Gasteiger partial charge in [-0.3, -0.25) is 0 Å². The standard InChI is InChI=1S/C23H28N2O2/c1-5-27-22(26)18-8-10-19(11-9-18)25-20(14-16-24-25)12-13-21-17(2)7-6-15-23(21,3)4/h7-14,16,21H,5-6,15H2,1-4H3/b13-12+. The highest BCUT2D eigenvalue weighted by Gasteiger charge is 2.30. The van der Waals surface area contributed by atoms with Crippen LogP contribution in [0.5, 0.6) is 0 Å². The van der Waals surface area contributed by atoms with Gasteiger partial charge in [0.25, 0.3) is 0 Å². The van der Waals surface area contributed by atoms with E-state index in [0.717, 1.165) is 17.8 Å². The van der Waals surface area contributed by atoms with Gasteiger partial charge in [0.15, 0.2) is 0 Å². The van der Waals surface area contributed by atoms with E-state index < -0.39 is 0 Å². The number of ether oxygens (including phenoxy) is 1. The molecule has 1 aromatic heterocycles. The van der Waals surface area contributed by atoms with Crippen LogP contribution in [0.25, 0.3) is 11.8 Å². The Morgan fingerprint density at radius 3 is 2.70 bits per heavy atom. The summed E-state index contributed by atoms with van der Waals surface area (Å²) in [6.45, 7) is 9.08. The fourth-order valence-electron chi connectivity index (χ4n) is 3.79. The smallest absolute Gasteiger partial charge is 0.338 e. The number of benzene rings is 1. The second kappa shape index (κ2) is 7.95. The topological polar surface area (TPSA) is 44.1 Å². The van der Waals surface area contributed by atoms with Gasteiger partial charge in [-0.2, -0.15) is 5.10 Å². The van der Waals surface area contributed by atoms with E-state index >= 15 is 0 Å². The van der Waals surface area contributed by atoms with E-state index in [4.69, 9.17) is 4.74 Å². The average molecular weight is 364 g/mol. The van der Waals surface area contributed by atoms with Crippen molar-refractivity contribution in [1.29, 1.82) is 0 Å². The lowest BCUT2D eigenvalue weighted by Crippen LogP contribution is -2.26. The first kappa shape index (κ1) is 19.2. The van der Waals surface area contributed by atoms with Gasteiger partial charge in [-0.05, 0) is 68.5 Å². The summed E-state index contributed by atoms with van der Waals surface area (Å²) in [6, 6.07) is 9.35. The Balaban J connectivity index is 1.83. The second-order valence-corrected chi connectivity index (χ2v) is 7.75. The van der Waals surface area contributed by atoms with Crippen molar-refractivity contribution in [1.82, 2.24) is 9.78 Å². The summed E-state index contributed by atoms with van der Waals surface area (Å²) in [5.41, 5.74) is 4.19. The van der Waals surface area contributed by atoms with Crippen molar-refractivity contribution >= 4 is 12.0 Å². The third-order valence-corrected chi connectivity index (χ3v) is 5.34. The third kappa shape index (κ3) is 4.21. The highest BCUT2D eigenvalue weighted by atomic mass is 16.5. The van der Waals surface area contributed by atoms with Crippen LogP contribution in [0.3, 0.4) is 0 Å². The second-order valence-electron chi connectivity index (χ2n) is 7.75. The summed E-state index contributed by atoms with van der Waals surface area (Å²) in [4.78, 5) is 11.8. The number of hydrogen-bond acceptors (Lipinski definition) is 3. The molecule has 0 radical (unpaired) electrons. The number of carbonyl (C=O) groups is 1. The Kier molecular flexibility index (Phi) is 5.64. The summed E-state index contributed by atoms with van der Waals surface area (Å²) >= 11 is 0. The molecule has 0 aliphatic heterocycles. The third-order valence-electron chi connectivity index (χ3n) is 5.34. The van der Waals surface area contributed by atoms with Crippen LogP contribution in [-0.4, -0.2) is 22.4 Å². The number of nitrogens with zero attached hydrogens (tertiary/aromatic N) is 2. The minimum atomic E-state index is -0.300. The number of carbonyl (C=O) groups excluding carboxylic acids is 1. The van der Waals surface area contributed by atoms with Crippen LogP contribution in [-0.2, 0) is 4.74 Å². The predicted molar refractivity (Wildman–Crippen MR) is 109 cm³/mol. The predicted octanol–water partition coefficient (Wildman–Crippen LogP) is 5.44. The molecule has 1 aromatic carbocycles. The molecule has 1 heterocycles. The Hall–Kier alpha value is -2.62. The first-order valence-corrected chi connectivity index (χ1v) is 9.59. The fourth-order valence-corrected chi connectivity index (χ4v) is 3.79. The summed E-state index contributed by atoms with van der Waals surface area (Å²) in [6.07, 6.45) is 11.0. The van der Waals surface area contributed by atoms with E-state index in [0.29, 0.717) is 18.1 Å². The highest BCUT2D eigenvalue weighted by Crippen LogP contribution is 2.41. The Bertz CT molecular complexity index is 857. The molecule has 4 nitrogen and oxygen atoms in total. The van der Waals surface area contributed by atoms with Crippen molar-refractivity contribution in [2.75, 3.05) is 6.61 Å². The van der Waals surface area contributed by atoms with Gasteiger partial charge in [0.2, 0.25) is 0 Å². The minimum absolute atomic E-state index is 0.265. The summed E-state index contributed by atoms with van der Waals surface area (Å²) < 4.78 is 6.93. The van der Waals surface area contributed by atoms with Crippen LogP contribution < -0.4 is 0 Å². The lowest BCUT2D eigenvalue weighted by Gasteiger charge is -2.36. The maximum absolute atomic E-state index is 11.8. The van der Waals surface area contributed by atoms with Crippen molar-refractivity contribution in [3.8, 4) is 5.69 Å². The van der Waals surface area contributed by atoms with Gasteiger partial charge < -0.3 is 4.74 Å². The van der Waals surface area contributed by atoms with Crippen LogP contribution in [0.15, 0.2) is 54.3 Å². The first-order chi connectivity index (χ1) is 12.9. The Labute approximate surface area is 161 Å². The monoisotopic (exact) mass is 364 g/mol. The van der Waals surface area contributed by atoms with Gasteiger partial charge in [0, 0.05) is 5.92 Å². The molecule has 142 valence electrons. The molecule has 1 aliphatic carbocycles. The molecule has 0 N–H and O–H groups in total. The fraction of sp³-hybridized carbons (Fsp3) is 0.391. The van der Waals surface area contributed by atoms with Gasteiger partial charge >= 0.3 is 5.97 Å². The van der Waals surface area contributed by atoms with E-state index in [9.17, 15) is 4.79 Å². The Morgan fingerprint density at radius 2 is 2.04 bits per heavy atom. The highest BCUT2D eigenvalue weighted by molar-refractivity contribution is 5.89. The molecule has 0 bridgehead atoms. The molecule has 0 saturated heterocycles. The number of aromatic nitrogens is 2. The van der Waals surface area contributed by atoms with E-state index in [1.54, 1.807) is 25.3 Å². The maximum atomic E-state index is 11.8.